The van der Waals surface area contributed by atoms with Crippen LogP contribution in [0.25, 0.3) is 6.20 Å². The van der Waals surface area contributed by atoms with Crippen LogP contribution in [0.2, 0.25) is 0 Å². The van der Waals surface area contributed by atoms with Gasteiger partial charge >= 0.3 is 0 Å². The van der Waals surface area contributed by atoms with Gasteiger partial charge in [-0.15, -0.1) is 0 Å². The normalized spacial score (nSPS) is 14.6. The van der Waals surface area contributed by atoms with Crippen molar-refractivity contribution in [3.63, 3.8) is 0 Å². The standard InChI is InChI=1S/C8H9N3O/c1-11-4-6-7(12)2-3-9-8(6)10-5-11/h2-4,12H,5H2,1H3. The maximum atomic E-state index is 9.42. The van der Waals surface area contributed by atoms with Gasteiger partial charge in [0.2, 0.25) is 0 Å². The van der Waals surface area contributed by atoms with Crippen molar-refractivity contribution in [1.82, 2.24) is 9.88 Å². The summed E-state index contributed by atoms with van der Waals surface area (Å²) in [6.07, 6.45) is 3.39. The summed E-state index contributed by atoms with van der Waals surface area (Å²) < 4.78 is 0. The van der Waals surface area contributed by atoms with E-state index in [2.05, 4.69) is 9.98 Å². The Labute approximate surface area is 69.5 Å². The van der Waals surface area contributed by atoms with E-state index < -0.39 is 0 Å². The third-order valence-corrected chi connectivity index (χ3v) is 1.74. The van der Waals surface area contributed by atoms with E-state index in [0.717, 1.165) is 0 Å². The molecular formula is C8H9N3O. The second kappa shape index (κ2) is 2.48. The van der Waals surface area contributed by atoms with E-state index >= 15 is 0 Å². The molecule has 4 heteroatoms. The van der Waals surface area contributed by atoms with Crippen LogP contribution in [0.3, 0.4) is 0 Å². The van der Waals surface area contributed by atoms with E-state index in [4.69, 9.17) is 0 Å². The lowest BCUT2D eigenvalue weighted by Gasteiger charge is -2.13. The summed E-state index contributed by atoms with van der Waals surface area (Å²) in [5.41, 5.74) is 0.619. The molecule has 4 nitrogen and oxygen atoms in total. The molecule has 0 saturated heterocycles. The van der Waals surface area contributed by atoms with Crippen molar-refractivity contribution in [2.45, 2.75) is 0 Å². The van der Waals surface area contributed by atoms with Crippen molar-refractivity contribution in [2.75, 3.05) is 13.7 Å². The Kier molecular flexibility index (Phi) is 1.46. The number of hydrogen-bond acceptors (Lipinski definition) is 4. The number of fused-ring (bicyclic) bond motifs is 1. The number of aromatic nitrogens is 1. The minimum atomic E-state index is 0.232. The van der Waals surface area contributed by atoms with Crippen LogP contribution in [0.1, 0.15) is 0 Å². The summed E-state index contributed by atoms with van der Waals surface area (Å²) in [4.78, 5) is 10.1. The van der Waals surface area contributed by atoms with Crippen molar-refractivity contribution in [3.05, 3.63) is 23.0 Å². The Morgan fingerprint density at radius 2 is 2.42 bits per heavy atom. The fourth-order valence-corrected chi connectivity index (χ4v) is 1.14. The molecule has 0 saturated carbocycles. The van der Waals surface area contributed by atoms with Gasteiger partial charge in [-0.25, -0.2) is 9.98 Å². The van der Waals surface area contributed by atoms with Crippen LogP contribution in [-0.2, 0) is 0 Å². The summed E-state index contributed by atoms with van der Waals surface area (Å²) >= 11 is 0. The molecule has 1 aromatic heterocycles. The zero-order chi connectivity index (χ0) is 8.55. The van der Waals surface area contributed by atoms with E-state index in [-0.39, 0.29) is 5.75 Å². The second-order valence-electron chi connectivity index (χ2n) is 2.75. The topological polar surface area (TPSA) is 48.7 Å². The Balaban J connectivity index is 2.80. The van der Waals surface area contributed by atoms with Gasteiger partial charge in [0.15, 0.2) is 5.49 Å². The number of aromatic hydroxyl groups is 1. The molecule has 1 N–H and O–H groups in total. The van der Waals surface area contributed by atoms with Crippen molar-refractivity contribution >= 4 is 6.20 Å². The maximum Gasteiger partial charge on any atom is 0.161 e. The first-order valence-corrected chi connectivity index (χ1v) is 3.68. The first-order valence-electron chi connectivity index (χ1n) is 3.68. The van der Waals surface area contributed by atoms with Gasteiger partial charge in [0.1, 0.15) is 12.4 Å². The summed E-state index contributed by atoms with van der Waals surface area (Å²) in [5.74, 6) is 0.232. The largest absolute Gasteiger partial charge is 0.507 e. The number of pyridine rings is 1. The molecule has 12 heavy (non-hydrogen) atoms. The lowest BCUT2D eigenvalue weighted by Crippen LogP contribution is -2.36. The molecule has 0 atom stereocenters. The molecule has 1 aliphatic heterocycles. The monoisotopic (exact) mass is 163 g/mol. The highest BCUT2D eigenvalue weighted by Crippen LogP contribution is 1.96. The van der Waals surface area contributed by atoms with E-state index in [1.54, 1.807) is 12.3 Å². The molecule has 62 valence electrons. The Morgan fingerprint density at radius 1 is 1.58 bits per heavy atom. The Morgan fingerprint density at radius 3 is 3.25 bits per heavy atom. The van der Waals surface area contributed by atoms with Crippen LogP contribution in [0, 0.1) is 0 Å². The molecule has 0 aliphatic carbocycles. The van der Waals surface area contributed by atoms with Gasteiger partial charge in [0.05, 0.1) is 5.22 Å². The van der Waals surface area contributed by atoms with Gasteiger partial charge in [0, 0.05) is 19.4 Å². The molecule has 0 spiro atoms. The highest BCUT2D eigenvalue weighted by Gasteiger charge is 2.01. The van der Waals surface area contributed by atoms with Crippen molar-refractivity contribution in [3.8, 4) is 5.75 Å². The highest BCUT2D eigenvalue weighted by molar-refractivity contribution is 5.30. The minimum absolute atomic E-state index is 0.232. The summed E-state index contributed by atoms with van der Waals surface area (Å²) in [7, 11) is 1.90. The van der Waals surface area contributed by atoms with E-state index in [0.29, 0.717) is 17.4 Å². The van der Waals surface area contributed by atoms with E-state index in [9.17, 15) is 5.11 Å². The fourth-order valence-electron chi connectivity index (χ4n) is 1.14. The minimum Gasteiger partial charge on any atom is -0.507 e. The van der Waals surface area contributed by atoms with Gasteiger partial charge < -0.3 is 10.0 Å². The smallest absolute Gasteiger partial charge is 0.161 e. The van der Waals surface area contributed by atoms with Crippen LogP contribution in [0.4, 0.5) is 0 Å². The molecule has 0 amide bonds. The van der Waals surface area contributed by atoms with Crippen molar-refractivity contribution in [1.29, 1.82) is 0 Å². The fraction of sp³-hybridized carbons (Fsp3) is 0.250. The first-order chi connectivity index (χ1) is 5.77. The molecule has 0 aromatic carbocycles. The number of nitrogens with zero attached hydrogens (tertiary/aromatic N) is 3. The van der Waals surface area contributed by atoms with Gasteiger partial charge in [-0.1, -0.05) is 0 Å². The van der Waals surface area contributed by atoms with Crippen LogP contribution in [-0.4, -0.2) is 28.7 Å². The van der Waals surface area contributed by atoms with Crippen LogP contribution in [0.5, 0.6) is 5.75 Å². The van der Waals surface area contributed by atoms with Gasteiger partial charge in [-0.05, 0) is 6.07 Å². The third-order valence-electron chi connectivity index (χ3n) is 1.74. The number of hydrogen-bond donors (Lipinski definition) is 1. The average Bonchev–Trinajstić information content (AvgIpc) is 2.07. The molecule has 1 aromatic rings. The Hall–Kier alpha value is -1.58. The SMILES string of the molecule is CN1C=c2c(O)ccnc2=NC1. The van der Waals surface area contributed by atoms with Gasteiger partial charge in [-0.2, -0.15) is 0 Å². The Bertz CT molecular complexity index is 413. The summed E-state index contributed by atoms with van der Waals surface area (Å²) in [6.45, 7) is 0.601. The predicted molar refractivity (Wildman–Crippen MR) is 43.8 cm³/mol. The molecule has 1 aliphatic rings. The lowest BCUT2D eigenvalue weighted by molar-refractivity contribution is 0.453. The van der Waals surface area contributed by atoms with Crippen LogP contribution < -0.4 is 10.7 Å². The third kappa shape index (κ3) is 1.01. The highest BCUT2D eigenvalue weighted by atomic mass is 16.3. The van der Waals surface area contributed by atoms with Crippen LogP contribution in [0.15, 0.2) is 17.3 Å². The average molecular weight is 163 g/mol. The maximum absolute atomic E-state index is 9.42. The first kappa shape index (κ1) is 7.09. The van der Waals surface area contributed by atoms with Crippen molar-refractivity contribution < 1.29 is 5.11 Å². The lowest BCUT2D eigenvalue weighted by atomic mass is 10.3. The summed E-state index contributed by atoms with van der Waals surface area (Å²) in [5, 5.41) is 10.1. The second-order valence-corrected chi connectivity index (χ2v) is 2.75. The molecule has 2 heterocycles. The van der Waals surface area contributed by atoms with E-state index in [1.807, 2.05) is 18.1 Å². The quantitative estimate of drug-likeness (QED) is 0.536. The zero-order valence-corrected chi connectivity index (χ0v) is 6.73. The molecule has 0 bridgehead atoms. The predicted octanol–water partition coefficient (Wildman–Crippen LogP) is -0.952. The summed E-state index contributed by atoms with van der Waals surface area (Å²) in [6, 6.07) is 1.56. The van der Waals surface area contributed by atoms with Crippen molar-refractivity contribution in [2.24, 2.45) is 4.99 Å². The van der Waals surface area contributed by atoms with Gasteiger partial charge in [0.25, 0.3) is 0 Å². The zero-order valence-electron chi connectivity index (χ0n) is 6.73. The van der Waals surface area contributed by atoms with Gasteiger partial charge in [-0.3, -0.25) is 0 Å². The molecule has 0 unspecified atom stereocenters. The molecule has 0 fully saturated rings. The molecule has 2 rings (SSSR count). The number of rotatable bonds is 0. The van der Waals surface area contributed by atoms with E-state index in [1.165, 1.54) is 0 Å². The molecule has 0 radical (unpaired) electrons. The van der Waals surface area contributed by atoms with Crippen LogP contribution >= 0.6 is 0 Å². The molecular weight excluding hydrogens is 154 g/mol.